The van der Waals surface area contributed by atoms with Crippen molar-refractivity contribution in [2.24, 2.45) is 0 Å². The van der Waals surface area contributed by atoms with Crippen molar-refractivity contribution < 1.29 is 9.13 Å². The number of rotatable bonds is 4. The molecule has 7 heteroatoms. The molecule has 3 aromatic rings. The molecule has 0 aliphatic carbocycles. The molecule has 0 amide bonds. The highest BCUT2D eigenvalue weighted by molar-refractivity contribution is 5.93. The number of anilines is 1. The third kappa shape index (κ3) is 2.66. The molecular weight excluding hydrogens is 309 g/mol. The number of aromatic amines is 1. The number of alkyl halides is 1. The predicted molar refractivity (Wildman–Crippen MR) is 90.0 cm³/mol. The Morgan fingerprint density at radius 2 is 2.25 bits per heavy atom. The molecular formula is C17H18FN5O. The van der Waals surface area contributed by atoms with Crippen LogP contribution in [-0.4, -0.2) is 46.0 Å². The number of fused-ring (bicyclic) bond motifs is 1. The molecule has 1 saturated heterocycles. The largest absolute Gasteiger partial charge is 0.494 e. The first-order valence-corrected chi connectivity index (χ1v) is 8.07. The van der Waals surface area contributed by atoms with E-state index >= 15 is 0 Å². The summed E-state index contributed by atoms with van der Waals surface area (Å²) in [5.74, 6) is 1.53. The standard InChI is InChI=1S/C17H18FN5O/c1-2-24-12-3-4-14-13(7-12)17(22-21-14)15-8-16(20-10-19-15)23-6-5-11(18)9-23/h3-4,7-8,10-11H,2,5-6,9H2,1H3,(H,21,22)/t11-/m1/s1. The SMILES string of the molecule is CCOc1ccc2[nH]nc(-c3cc(N4CC[C@@H](F)C4)ncn3)c2c1. The first kappa shape index (κ1) is 14.9. The van der Waals surface area contributed by atoms with Gasteiger partial charge in [0, 0.05) is 18.0 Å². The first-order valence-electron chi connectivity index (χ1n) is 8.07. The third-order valence-corrected chi connectivity index (χ3v) is 4.20. The van der Waals surface area contributed by atoms with E-state index in [-0.39, 0.29) is 0 Å². The monoisotopic (exact) mass is 327 g/mol. The van der Waals surface area contributed by atoms with Crippen LogP contribution in [0.2, 0.25) is 0 Å². The van der Waals surface area contributed by atoms with Gasteiger partial charge in [-0.3, -0.25) is 5.10 Å². The second kappa shape index (κ2) is 6.07. The smallest absolute Gasteiger partial charge is 0.132 e. The van der Waals surface area contributed by atoms with Crippen molar-refractivity contribution in [3.8, 4) is 17.1 Å². The summed E-state index contributed by atoms with van der Waals surface area (Å²) in [7, 11) is 0. The molecule has 1 N–H and O–H groups in total. The van der Waals surface area contributed by atoms with Crippen molar-refractivity contribution in [1.82, 2.24) is 20.2 Å². The van der Waals surface area contributed by atoms with Crippen LogP contribution in [0.3, 0.4) is 0 Å². The van der Waals surface area contributed by atoms with E-state index in [9.17, 15) is 4.39 Å². The van der Waals surface area contributed by atoms with E-state index in [0.717, 1.165) is 28.2 Å². The molecule has 1 aliphatic rings. The minimum atomic E-state index is -0.789. The Bertz CT molecular complexity index is 865. The zero-order valence-corrected chi connectivity index (χ0v) is 13.4. The van der Waals surface area contributed by atoms with Crippen molar-refractivity contribution >= 4 is 16.7 Å². The van der Waals surface area contributed by atoms with Gasteiger partial charge in [-0.15, -0.1) is 0 Å². The molecule has 1 aliphatic heterocycles. The van der Waals surface area contributed by atoms with Gasteiger partial charge >= 0.3 is 0 Å². The lowest BCUT2D eigenvalue weighted by Gasteiger charge is -2.16. The predicted octanol–water partition coefficient (Wildman–Crippen LogP) is 2.97. The zero-order valence-electron chi connectivity index (χ0n) is 13.4. The van der Waals surface area contributed by atoms with E-state index in [1.54, 1.807) is 0 Å². The number of aromatic nitrogens is 4. The Labute approximate surface area is 138 Å². The highest BCUT2D eigenvalue weighted by atomic mass is 19.1. The molecule has 1 aromatic carbocycles. The van der Waals surface area contributed by atoms with Crippen LogP contribution in [0, 0.1) is 0 Å². The number of nitrogens with one attached hydrogen (secondary N) is 1. The zero-order chi connectivity index (χ0) is 16.5. The minimum Gasteiger partial charge on any atom is -0.494 e. The molecule has 1 atom stereocenters. The number of benzene rings is 1. The molecule has 3 heterocycles. The summed E-state index contributed by atoms with van der Waals surface area (Å²) in [6.45, 7) is 3.61. The summed E-state index contributed by atoms with van der Waals surface area (Å²) in [5.41, 5.74) is 2.37. The lowest BCUT2D eigenvalue weighted by molar-refractivity contribution is 0.341. The Kier molecular flexibility index (Phi) is 3.76. The third-order valence-electron chi connectivity index (χ3n) is 4.20. The van der Waals surface area contributed by atoms with Crippen LogP contribution >= 0.6 is 0 Å². The van der Waals surface area contributed by atoms with Gasteiger partial charge in [-0.25, -0.2) is 14.4 Å². The van der Waals surface area contributed by atoms with Gasteiger partial charge in [0.15, 0.2) is 0 Å². The van der Waals surface area contributed by atoms with Gasteiger partial charge in [0.2, 0.25) is 0 Å². The van der Waals surface area contributed by atoms with Gasteiger partial charge in [0.25, 0.3) is 0 Å². The number of hydrogen-bond acceptors (Lipinski definition) is 5. The fourth-order valence-electron chi connectivity index (χ4n) is 3.02. The van der Waals surface area contributed by atoms with Crippen molar-refractivity contribution in [3.05, 3.63) is 30.6 Å². The summed E-state index contributed by atoms with van der Waals surface area (Å²) >= 11 is 0. The highest BCUT2D eigenvalue weighted by Crippen LogP contribution is 2.30. The summed E-state index contributed by atoms with van der Waals surface area (Å²) in [5, 5.41) is 8.34. The molecule has 0 saturated carbocycles. The van der Waals surface area contributed by atoms with E-state index in [1.807, 2.05) is 36.1 Å². The second-order valence-electron chi connectivity index (χ2n) is 5.81. The lowest BCUT2D eigenvalue weighted by atomic mass is 10.1. The second-order valence-corrected chi connectivity index (χ2v) is 5.81. The molecule has 0 unspecified atom stereocenters. The van der Waals surface area contributed by atoms with Gasteiger partial charge in [-0.05, 0) is 31.5 Å². The van der Waals surface area contributed by atoms with Crippen LogP contribution < -0.4 is 9.64 Å². The molecule has 124 valence electrons. The van der Waals surface area contributed by atoms with Gasteiger partial charge in [-0.1, -0.05) is 0 Å². The Hall–Kier alpha value is -2.70. The molecule has 2 aromatic heterocycles. The van der Waals surface area contributed by atoms with E-state index in [0.29, 0.717) is 31.8 Å². The Morgan fingerprint density at radius 1 is 1.33 bits per heavy atom. The number of nitrogens with zero attached hydrogens (tertiary/aromatic N) is 4. The van der Waals surface area contributed by atoms with Gasteiger partial charge in [-0.2, -0.15) is 5.10 Å². The maximum atomic E-state index is 13.4. The highest BCUT2D eigenvalue weighted by Gasteiger charge is 2.23. The minimum absolute atomic E-state index is 0.381. The van der Waals surface area contributed by atoms with E-state index in [4.69, 9.17) is 4.74 Å². The topological polar surface area (TPSA) is 66.9 Å². The molecule has 4 rings (SSSR count). The average molecular weight is 327 g/mol. The van der Waals surface area contributed by atoms with Crippen LogP contribution in [0.25, 0.3) is 22.3 Å². The van der Waals surface area contributed by atoms with Crippen molar-refractivity contribution in [1.29, 1.82) is 0 Å². The Morgan fingerprint density at radius 3 is 3.04 bits per heavy atom. The van der Waals surface area contributed by atoms with E-state index in [1.165, 1.54) is 6.33 Å². The molecule has 0 spiro atoms. The summed E-state index contributed by atoms with van der Waals surface area (Å²) in [6.07, 6.45) is 1.26. The van der Waals surface area contributed by atoms with Gasteiger partial charge in [0.1, 0.15) is 29.8 Å². The summed E-state index contributed by atoms with van der Waals surface area (Å²) < 4.78 is 19.0. The fraction of sp³-hybridized carbons (Fsp3) is 0.353. The first-order chi connectivity index (χ1) is 11.7. The summed E-state index contributed by atoms with van der Waals surface area (Å²) in [6, 6.07) is 7.66. The van der Waals surface area contributed by atoms with Crippen LogP contribution in [0.15, 0.2) is 30.6 Å². The number of halogens is 1. The normalized spacial score (nSPS) is 17.6. The molecule has 6 nitrogen and oxygen atoms in total. The molecule has 24 heavy (non-hydrogen) atoms. The van der Waals surface area contributed by atoms with E-state index in [2.05, 4.69) is 20.2 Å². The maximum Gasteiger partial charge on any atom is 0.132 e. The number of hydrogen-bond donors (Lipinski definition) is 1. The van der Waals surface area contributed by atoms with Gasteiger partial charge in [0.05, 0.1) is 24.4 Å². The summed E-state index contributed by atoms with van der Waals surface area (Å²) in [4.78, 5) is 10.6. The molecule has 0 bridgehead atoms. The lowest BCUT2D eigenvalue weighted by Crippen LogP contribution is -2.21. The maximum absolute atomic E-state index is 13.4. The molecule has 0 radical (unpaired) electrons. The number of H-pyrrole nitrogens is 1. The van der Waals surface area contributed by atoms with Gasteiger partial charge < -0.3 is 9.64 Å². The Balaban J connectivity index is 1.73. The molecule has 1 fully saturated rings. The van der Waals surface area contributed by atoms with Crippen LogP contribution in [0.1, 0.15) is 13.3 Å². The van der Waals surface area contributed by atoms with Crippen LogP contribution in [0.5, 0.6) is 5.75 Å². The van der Waals surface area contributed by atoms with Crippen molar-refractivity contribution in [2.75, 3.05) is 24.6 Å². The van der Waals surface area contributed by atoms with Crippen molar-refractivity contribution in [2.45, 2.75) is 19.5 Å². The van der Waals surface area contributed by atoms with Crippen LogP contribution in [-0.2, 0) is 0 Å². The number of ether oxygens (including phenoxy) is 1. The van der Waals surface area contributed by atoms with E-state index < -0.39 is 6.17 Å². The van der Waals surface area contributed by atoms with Crippen LogP contribution in [0.4, 0.5) is 10.2 Å². The quantitative estimate of drug-likeness (QED) is 0.798. The fourth-order valence-corrected chi connectivity index (χ4v) is 3.02. The average Bonchev–Trinajstić information content (AvgIpc) is 3.21. The van der Waals surface area contributed by atoms with Crippen molar-refractivity contribution in [3.63, 3.8) is 0 Å².